The van der Waals surface area contributed by atoms with Crippen LogP contribution in [0.1, 0.15) is 43.9 Å². The van der Waals surface area contributed by atoms with Gasteiger partial charge in [0.1, 0.15) is 29.2 Å². The Bertz CT molecular complexity index is 1850. The molecule has 1 amide bonds. The lowest BCUT2D eigenvalue weighted by Crippen LogP contribution is -2.52. The van der Waals surface area contributed by atoms with Crippen molar-refractivity contribution in [2.75, 3.05) is 11.9 Å². The van der Waals surface area contributed by atoms with E-state index in [1.54, 1.807) is 12.4 Å². The molecule has 6 rings (SSSR count). The van der Waals surface area contributed by atoms with E-state index in [0.717, 1.165) is 35.1 Å². The van der Waals surface area contributed by atoms with E-state index in [9.17, 15) is 4.79 Å². The van der Waals surface area contributed by atoms with Gasteiger partial charge in [0.05, 0.1) is 28.6 Å². The van der Waals surface area contributed by atoms with Gasteiger partial charge in [-0.05, 0) is 75.6 Å². The van der Waals surface area contributed by atoms with Crippen molar-refractivity contribution in [3.8, 4) is 11.5 Å². The number of pyridine rings is 1. The standard InChI is InChI=1S/C32H32FN7O2/c1-6-29(41)40-16-20(11-12-32(40,3)4)23-8-9-24-30(37-23)31(35-17-34-24)38-25-13-19(2)28(15-22(25)33)42-21-7-10-27-26(14-21)36-18-39(27)5/h6-10,13-15,17-18,20H,1,11-12,16H2,2-5H3,(H,34,35,38)/t20-/m1/s1. The number of piperidine rings is 1. The van der Waals surface area contributed by atoms with Gasteiger partial charge < -0.3 is 19.5 Å². The maximum Gasteiger partial charge on any atom is 0.246 e. The van der Waals surface area contributed by atoms with Gasteiger partial charge in [0, 0.05) is 42.9 Å². The van der Waals surface area contributed by atoms with E-state index in [4.69, 9.17) is 9.72 Å². The number of likely N-dealkylation sites (tertiary alicyclic amines) is 1. The summed E-state index contributed by atoms with van der Waals surface area (Å²) in [6, 6.07) is 12.5. The van der Waals surface area contributed by atoms with Gasteiger partial charge in [-0.1, -0.05) is 6.58 Å². The number of carbonyl (C=O) groups is 1. The lowest BCUT2D eigenvalue weighted by atomic mass is 9.83. The summed E-state index contributed by atoms with van der Waals surface area (Å²) in [5.41, 5.74) is 4.50. The predicted octanol–water partition coefficient (Wildman–Crippen LogP) is 6.57. The minimum atomic E-state index is -0.495. The van der Waals surface area contributed by atoms with Crippen LogP contribution in [0.15, 0.2) is 67.8 Å². The van der Waals surface area contributed by atoms with Crippen LogP contribution >= 0.6 is 0 Å². The molecule has 0 bridgehead atoms. The molecule has 214 valence electrons. The van der Waals surface area contributed by atoms with E-state index < -0.39 is 5.82 Å². The maximum atomic E-state index is 15.4. The Balaban J connectivity index is 1.27. The zero-order chi connectivity index (χ0) is 29.6. The molecule has 10 heteroatoms. The van der Waals surface area contributed by atoms with Crippen molar-refractivity contribution in [1.29, 1.82) is 0 Å². The van der Waals surface area contributed by atoms with Gasteiger partial charge in [-0.3, -0.25) is 4.79 Å². The fraction of sp³-hybridized carbons (Fsp3) is 0.281. The summed E-state index contributed by atoms with van der Waals surface area (Å²) < 4.78 is 23.4. The van der Waals surface area contributed by atoms with Crippen LogP contribution in [0, 0.1) is 12.7 Å². The molecule has 1 fully saturated rings. The van der Waals surface area contributed by atoms with Crippen LogP contribution in [0.4, 0.5) is 15.9 Å². The monoisotopic (exact) mass is 565 g/mol. The Kier molecular flexibility index (Phi) is 6.84. The normalized spacial score (nSPS) is 16.5. The number of hydrogen-bond donors (Lipinski definition) is 1. The molecule has 9 nitrogen and oxygen atoms in total. The van der Waals surface area contributed by atoms with Crippen molar-refractivity contribution in [1.82, 2.24) is 29.4 Å². The summed E-state index contributed by atoms with van der Waals surface area (Å²) in [6.07, 6.45) is 6.24. The molecular formula is C32H32FN7O2. The number of fused-ring (bicyclic) bond motifs is 2. The number of imidazole rings is 1. The smallest absolute Gasteiger partial charge is 0.246 e. The molecule has 0 aliphatic carbocycles. The molecule has 0 radical (unpaired) electrons. The predicted molar refractivity (Wildman–Crippen MR) is 161 cm³/mol. The summed E-state index contributed by atoms with van der Waals surface area (Å²) in [5.74, 6) is 0.824. The van der Waals surface area contributed by atoms with Crippen molar-refractivity contribution in [3.63, 3.8) is 0 Å². The third-order valence-corrected chi connectivity index (χ3v) is 8.04. The van der Waals surface area contributed by atoms with Gasteiger partial charge in [0.2, 0.25) is 5.91 Å². The number of halogens is 1. The third-order valence-electron chi connectivity index (χ3n) is 8.04. The summed E-state index contributed by atoms with van der Waals surface area (Å²) >= 11 is 0. The highest BCUT2D eigenvalue weighted by atomic mass is 19.1. The molecule has 0 spiro atoms. The number of anilines is 2. The Morgan fingerprint density at radius 3 is 2.79 bits per heavy atom. The highest BCUT2D eigenvalue weighted by molar-refractivity contribution is 5.88. The number of ether oxygens (including phenoxy) is 1. The van der Waals surface area contributed by atoms with Gasteiger partial charge in [-0.25, -0.2) is 24.3 Å². The van der Waals surface area contributed by atoms with E-state index in [2.05, 4.69) is 40.7 Å². The summed E-state index contributed by atoms with van der Waals surface area (Å²) in [4.78, 5) is 32.5. The van der Waals surface area contributed by atoms with Gasteiger partial charge in [-0.2, -0.15) is 0 Å². The lowest BCUT2D eigenvalue weighted by molar-refractivity contribution is -0.133. The summed E-state index contributed by atoms with van der Waals surface area (Å²) in [5, 5.41) is 3.12. The maximum absolute atomic E-state index is 15.4. The molecule has 3 aromatic heterocycles. The van der Waals surface area contributed by atoms with Crippen LogP contribution in [0.25, 0.3) is 22.1 Å². The van der Waals surface area contributed by atoms with Crippen molar-refractivity contribution in [3.05, 3.63) is 84.8 Å². The van der Waals surface area contributed by atoms with Gasteiger partial charge in [0.15, 0.2) is 5.82 Å². The minimum absolute atomic E-state index is 0.0418. The highest BCUT2D eigenvalue weighted by Gasteiger charge is 2.37. The molecule has 1 atom stereocenters. The Labute approximate surface area is 243 Å². The number of benzene rings is 2. The minimum Gasteiger partial charge on any atom is -0.457 e. The zero-order valence-corrected chi connectivity index (χ0v) is 24.1. The number of aryl methyl sites for hydroxylation is 2. The van der Waals surface area contributed by atoms with E-state index in [1.807, 2.05) is 53.8 Å². The van der Waals surface area contributed by atoms with E-state index >= 15 is 4.39 Å². The molecular weight excluding hydrogens is 533 g/mol. The number of nitrogens with zero attached hydrogens (tertiary/aromatic N) is 6. The van der Waals surface area contributed by atoms with Crippen molar-refractivity contribution >= 4 is 39.5 Å². The molecule has 5 aromatic rings. The molecule has 1 aliphatic rings. The van der Waals surface area contributed by atoms with Crippen LogP contribution in [0.5, 0.6) is 11.5 Å². The highest BCUT2D eigenvalue weighted by Crippen LogP contribution is 2.37. The molecule has 4 heterocycles. The second-order valence-corrected chi connectivity index (χ2v) is 11.4. The topological polar surface area (TPSA) is 98.1 Å². The third kappa shape index (κ3) is 5.04. The average Bonchev–Trinajstić information content (AvgIpc) is 3.34. The number of rotatable bonds is 6. The molecule has 2 aromatic carbocycles. The fourth-order valence-corrected chi connectivity index (χ4v) is 5.54. The zero-order valence-electron chi connectivity index (χ0n) is 24.1. The van der Waals surface area contributed by atoms with Gasteiger partial charge in [0.25, 0.3) is 0 Å². The number of nitrogens with one attached hydrogen (secondary N) is 1. The first-order valence-corrected chi connectivity index (χ1v) is 13.8. The first-order valence-electron chi connectivity index (χ1n) is 13.8. The lowest BCUT2D eigenvalue weighted by Gasteiger charge is -2.45. The Hall–Kier alpha value is -4.86. The molecule has 0 saturated carbocycles. The van der Waals surface area contributed by atoms with Crippen LogP contribution in [0.3, 0.4) is 0 Å². The number of aromatic nitrogens is 5. The number of amides is 1. The van der Waals surface area contributed by atoms with Crippen LogP contribution in [0.2, 0.25) is 0 Å². The first kappa shape index (κ1) is 27.3. The fourth-order valence-electron chi connectivity index (χ4n) is 5.54. The second kappa shape index (κ2) is 10.5. The van der Waals surface area contributed by atoms with Crippen molar-refractivity contribution in [2.45, 2.75) is 45.1 Å². The van der Waals surface area contributed by atoms with Crippen LogP contribution in [-0.2, 0) is 11.8 Å². The largest absolute Gasteiger partial charge is 0.457 e. The summed E-state index contributed by atoms with van der Waals surface area (Å²) in [6.45, 7) is 10.2. The molecule has 1 saturated heterocycles. The van der Waals surface area contributed by atoms with E-state index in [-0.39, 0.29) is 23.1 Å². The number of hydrogen-bond acceptors (Lipinski definition) is 7. The Morgan fingerprint density at radius 1 is 1.14 bits per heavy atom. The SMILES string of the molecule is C=CC(=O)N1C[C@H](c2ccc3ncnc(Nc4cc(C)c(Oc5ccc6c(c5)ncn6C)cc4F)c3n2)CCC1(C)C. The van der Waals surface area contributed by atoms with Gasteiger partial charge in [-0.15, -0.1) is 0 Å². The van der Waals surface area contributed by atoms with Crippen molar-refractivity contribution < 1.29 is 13.9 Å². The molecule has 1 aliphatic heterocycles. The quantitative estimate of drug-likeness (QED) is 0.233. The molecule has 1 N–H and O–H groups in total. The molecule has 42 heavy (non-hydrogen) atoms. The average molecular weight is 566 g/mol. The van der Waals surface area contributed by atoms with E-state index in [1.165, 1.54) is 18.5 Å². The van der Waals surface area contributed by atoms with E-state index in [0.29, 0.717) is 34.9 Å². The van der Waals surface area contributed by atoms with Gasteiger partial charge >= 0.3 is 0 Å². The Morgan fingerprint density at radius 2 is 1.98 bits per heavy atom. The van der Waals surface area contributed by atoms with Crippen LogP contribution < -0.4 is 10.1 Å². The summed E-state index contributed by atoms with van der Waals surface area (Å²) in [7, 11) is 1.93. The number of carbonyl (C=O) groups excluding carboxylic acids is 1. The second-order valence-electron chi connectivity index (χ2n) is 11.4. The van der Waals surface area contributed by atoms with Crippen LogP contribution in [-0.4, -0.2) is 47.4 Å². The first-order chi connectivity index (χ1) is 20.1. The van der Waals surface area contributed by atoms with Crippen molar-refractivity contribution in [2.24, 2.45) is 7.05 Å². The molecule has 0 unspecified atom stereocenters.